The van der Waals surface area contributed by atoms with E-state index in [4.69, 9.17) is 5.11 Å². The maximum atomic E-state index is 11.4. The molecule has 0 saturated carbocycles. The van der Waals surface area contributed by atoms with E-state index in [1.165, 1.54) is 19.2 Å². The molecule has 0 aliphatic rings. The molecule has 6 nitrogen and oxygen atoms in total. The summed E-state index contributed by atoms with van der Waals surface area (Å²) < 4.78 is 4.44. The van der Waals surface area contributed by atoms with Crippen molar-refractivity contribution in [2.24, 2.45) is 0 Å². The molecule has 6 heteroatoms. The van der Waals surface area contributed by atoms with Crippen LogP contribution in [-0.2, 0) is 9.53 Å². The molecule has 0 aliphatic heterocycles. The topological polar surface area (TPSA) is 87.7 Å². The van der Waals surface area contributed by atoms with E-state index in [9.17, 15) is 9.59 Å². The minimum absolute atomic E-state index is 0.00338. The number of rotatable bonds is 4. The second kappa shape index (κ2) is 6.29. The van der Waals surface area contributed by atoms with Crippen molar-refractivity contribution < 1.29 is 19.4 Å². The van der Waals surface area contributed by atoms with E-state index in [0.29, 0.717) is 5.69 Å². The van der Waals surface area contributed by atoms with E-state index >= 15 is 0 Å². The highest BCUT2D eigenvalue weighted by molar-refractivity contribution is 5.92. The van der Waals surface area contributed by atoms with Crippen molar-refractivity contribution in [3.8, 4) is 5.75 Å². The van der Waals surface area contributed by atoms with Crippen molar-refractivity contribution >= 4 is 17.7 Å². The summed E-state index contributed by atoms with van der Waals surface area (Å²) in [5.74, 6) is -0.458. The zero-order chi connectivity index (χ0) is 13.5. The number of aromatic hydroxyl groups is 1. The Morgan fingerprint density at radius 3 is 2.50 bits per heavy atom. The molecule has 0 aromatic heterocycles. The second-order valence-corrected chi connectivity index (χ2v) is 3.45. The summed E-state index contributed by atoms with van der Waals surface area (Å²) in [6, 6.07) is 5.51. The molecule has 0 heterocycles. The average molecular weight is 250 g/mol. The van der Waals surface area contributed by atoms with E-state index < -0.39 is 12.0 Å². The van der Waals surface area contributed by atoms with Crippen LogP contribution in [0.4, 0.5) is 10.5 Å². The van der Waals surface area contributed by atoms with Crippen LogP contribution in [0.5, 0.6) is 5.75 Å². The van der Waals surface area contributed by atoms with Crippen LogP contribution in [0, 0.1) is 0 Å². The molecule has 0 spiro atoms. The maximum Gasteiger partial charge on any atom is 0.334 e. The van der Waals surface area contributed by atoms with Gasteiger partial charge in [-0.1, -0.05) is 6.58 Å². The molecule has 1 aromatic carbocycles. The highest BCUT2D eigenvalue weighted by Crippen LogP contribution is 2.13. The van der Waals surface area contributed by atoms with Crippen molar-refractivity contribution in [2.45, 2.75) is 0 Å². The summed E-state index contributed by atoms with van der Waals surface area (Å²) in [6.45, 7) is 3.46. The van der Waals surface area contributed by atoms with Crippen molar-refractivity contribution in [3.63, 3.8) is 0 Å². The van der Waals surface area contributed by atoms with Crippen molar-refractivity contribution in [2.75, 3.05) is 19.0 Å². The Hall–Kier alpha value is -2.50. The fourth-order valence-corrected chi connectivity index (χ4v) is 1.12. The Morgan fingerprint density at radius 2 is 1.94 bits per heavy atom. The van der Waals surface area contributed by atoms with Gasteiger partial charge in [0.15, 0.2) is 0 Å². The fraction of sp³-hybridized carbons (Fsp3) is 0.167. The molecule has 18 heavy (non-hydrogen) atoms. The number of benzene rings is 1. The summed E-state index contributed by atoms with van der Waals surface area (Å²) in [5, 5.41) is 14.0. The van der Waals surface area contributed by atoms with Gasteiger partial charge in [0.1, 0.15) is 5.75 Å². The van der Waals surface area contributed by atoms with Gasteiger partial charge < -0.3 is 20.5 Å². The van der Waals surface area contributed by atoms with Crippen LogP contribution < -0.4 is 10.6 Å². The van der Waals surface area contributed by atoms with Crippen LogP contribution in [0.3, 0.4) is 0 Å². The molecule has 3 N–H and O–H groups in total. The first-order chi connectivity index (χ1) is 8.52. The molecule has 0 atom stereocenters. The van der Waals surface area contributed by atoms with Gasteiger partial charge in [0.25, 0.3) is 0 Å². The minimum atomic E-state index is -0.570. The van der Waals surface area contributed by atoms with Gasteiger partial charge in [0.05, 0.1) is 13.7 Å². The molecular weight excluding hydrogens is 236 g/mol. The van der Waals surface area contributed by atoms with Gasteiger partial charge in [0, 0.05) is 11.3 Å². The number of phenolic OH excluding ortho intramolecular Hbond substituents is 1. The second-order valence-electron chi connectivity index (χ2n) is 3.45. The molecule has 0 saturated heterocycles. The number of hydrogen-bond donors (Lipinski definition) is 3. The first kappa shape index (κ1) is 13.6. The van der Waals surface area contributed by atoms with Crippen LogP contribution in [-0.4, -0.2) is 30.8 Å². The lowest BCUT2D eigenvalue weighted by atomic mass is 10.3. The molecule has 0 unspecified atom stereocenters. The number of phenols is 1. The summed E-state index contributed by atoms with van der Waals surface area (Å²) >= 11 is 0. The molecule has 2 amide bonds. The lowest BCUT2D eigenvalue weighted by Gasteiger charge is -2.08. The highest BCUT2D eigenvalue weighted by Gasteiger charge is 2.08. The largest absolute Gasteiger partial charge is 0.508 e. The Balaban J connectivity index is 2.40. The number of carbonyl (C=O) groups excluding carboxylic acids is 2. The lowest BCUT2D eigenvalue weighted by molar-refractivity contribution is -0.136. The number of anilines is 1. The Labute approximate surface area is 104 Å². The van der Waals surface area contributed by atoms with Crippen LogP contribution in [0.15, 0.2) is 36.4 Å². The summed E-state index contributed by atoms with van der Waals surface area (Å²) in [7, 11) is 1.24. The quantitative estimate of drug-likeness (QED) is 0.426. The van der Waals surface area contributed by atoms with Gasteiger partial charge in [0.2, 0.25) is 0 Å². The third kappa shape index (κ3) is 4.17. The van der Waals surface area contributed by atoms with Crippen LogP contribution in [0.2, 0.25) is 0 Å². The Bertz CT molecular complexity index is 454. The molecule has 0 aliphatic carbocycles. The monoisotopic (exact) mass is 250 g/mol. The number of methoxy groups -OCH3 is 1. The molecule has 1 rings (SSSR count). The van der Waals surface area contributed by atoms with E-state index in [1.54, 1.807) is 12.1 Å². The summed E-state index contributed by atoms with van der Waals surface area (Å²) in [5.41, 5.74) is 0.673. The summed E-state index contributed by atoms with van der Waals surface area (Å²) in [6.07, 6.45) is 0. The Morgan fingerprint density at radius 1 is 1.33 bits per heavy atom. The molecule has 1 aromatic rings. The Kier molecular flexibility index (Phi) is 4.74. The van der Waals surface area contributed by atoms with Crippen LogP contribution >= 0.6 is 0 Å². The number of nitrogens with one attached hydrogen (secondary N) is 2. The molecule has 0 bridgehead atoms. The van der Waals surface area contributed by atoms with Crippen molar-refractivity contribution in [1.82, 2.24) is 5.32 Å². The smallest absolute Gasteiger partial charge is 0.334 e. The maximum absolute atomic E-state index is 11.4. The zero-order valence-corrected chi connectivity index (χ0v) is 9.90. The fourth-order valence-electron chi connectivity index (χ4n) is 1.12. The molecule has 0 radical (unpaired) electrons. The van der Waals surface area contributed by atoms with Crippen LogP contribution in [0.1, 0.15) is 0 Å². The SMILES string of the molecule is C=C(CNC(=O)Nc1ccc(O)cc1)C(=O)OC. The zero-order valence-electron chi connectivity index (χ0n) is 9.90. The third-order valence-corrected chi connectivity index (χ3v) is 2.06. The normalized spacial score (nSPS) is 9.39. The third-order valence-electron chi connectivity index (χ3n) is 2.06. The molecule has 0 fully saturated rings. The minimum Gasteiger partial charge on any atom is -0.508 e. The average Bonchev–Trinajstić information content (AvgIpc) is 2.37. The van der Waals surface area contributed by atoms with E-state index in [0.717, 1.165) is 0 Å². The first-order valence-electron chi connectivity index (χ1n) is 5.13. The lowest BCUT2D eigenvalue weighted by Crippen LogP contribution is -2.31. The van der Waals surface area contributed by atoms with Gasteiger partial charge in [-0.15, -0.1) is 0 Å². The van der Waals surface area contributed by atoms with Gasteiger partial charge >= 0.3 is 12.0 Å². The van der Waals surface area contributed by atoms with Crippen LogP contribution in [0.25, 0.3) is 0 Å². The van der Waals surface area contributed by atoms with Gasteiger partial charge in [-0.2, -0.15) is 0 Å². The first-order valence-corrected chi connectivity index (χ1v) is 5.13. The number of esters is 1. The summed E-state index contributed by atoms with van der Waals surface area (Å²) in [4.78, 5) is 22.4. The van der Waals surface area contributed by atoms with Crippen molar-refractivity contribution in [1.29, 1.82) is 0 Å². The standard InChI is InChI=1S/C12H14N2O4/c1-8(11(16)18-2)7-13-12(17)14-9-3-5-10(15)6-4-9/h3-6,15H,1,7H2,2H3,(H2,13,14,17). The van der Waals surface area contributed by atoms with E-state index in [1.807, 2.05) is 0 Å². The predicted octanol–water partition coefficient (Wildman–Crippen LogP) is 1.24. The number of carbonyl (C=O) groups is 2. The van der Waals surface area contributed by atoms with E-state index in [2.05, 4.69) is 21.9 Å². The molecule has 96 valence electrons. The number of urea groups is 1. The number of hydrogen-bond acceptors (Lipinski definition) is 4. The van der Waals surface area contributed by atoms with Gasteiger partial charge in [-0.25, -0.2) is 9.59 Å². The molecular formula is C12H14N2O4. The van der Waals surface area contributed by atoms with Gasteiger partial charge in [-0.05, 0) is 24.3 Å². The number of amides is 2. The number of ether oxygens (including phenoxy) is 1. The predicted molar refractivity (Wildman–Crippen MR) is 66.3 cm³/mol. The van der Waals surface area contributed by atoms with Gasteiger partial charge in [-0.3, -0.25) is 0 Å². The van der Waals surface area contributed by atoms with Crippen molar-refractivity contribution in [3.05, 3.63) is 36.4 Å². The highest BCUT2D eigenvalue weighted by atomic mass is 16.5. The van der Waals surface area contributed by atoms with E-state index in [-0.39, 0.29) is 17.9 Å².